The number of rotatable bonds is 0. The van der Waals surface area contributed by atoms with Crippen LogP contribution in [0.25, 0.3) is 4.85 Å². The molecule has 1 nitrogen and oxygen atoms in total. The van der Waals surface area contributed by atoms with Gasteiger partial charge >= 0.3 is 0 Å². The van der Waals surface area contributed by atoms with Gasteiger partial charge in [-0.1, -0.05) is 4.85 Å². The minimum absolute atomic E-state index is 0.245. The second kappa shape index (κ2) is 2.05. The third-order valence-corrected chi connectivity index (χ3v) is 4.28. The Morgan fingerprint density at radius 3 is 1.67 bits per heavy atom. The summed E-state index contributed by atoms with van der Waals surface area (Å²) in [6.45, 7) is 5.55. The second-order valence-corrected chi connectivity index (χ2v) is 5.27. The molecule has 4 aliphatic rings. The van der Waals surface area contributed by atoms with E-state index >= 15 is 0 Å². The smallest absolute Gasteiger partial charge is 0.0804 e. The summed E-state index contributed by atoms with van der Waals surface area (Å²) in [6.07, 6.45) is 8.35. The standard InChI is InChI=1S/C11H16N/c1-12-11-5-8-2-9(6-11)4-10(3-8)7-11/h1,8-10H,2-7H2/q+1. The molecule has 0 aromatic rings. The lowest BCUT2D eigenvalue weighted by molar-refractivity contribution is 0.0187. The Labute approximate surface area is 74.0 Å². The molecule has 1 heteroatoms. The van der Waals surface area contributed by atoms with Crippen molar-refractivity contribution >= 4 is 0 Å². The van der Waals surface area contributed by atoms with Crippen molar-refractivity contribution in [2.45, 2.75) is 44.1 Å². The van der Waals surface area contributed by atoms with Crippen LogP contribution < -0.4 is 0 Å². The van der Waals surface area contributed by atoms with E-state index in [1.54, 1.807) is 0 Å². The van der Waals surface area contributed by atoms with E-state index < -0.39 is 0 Å². The lowest BCUT2D eigenvalue weighted by Crippen LogP contribution is -2.48. The molecule has 0 radical (unpaired) electrons. The Kier molecular flexibility index (Phi) is 1.18. The van der Waals surface area contributed by atoms with Crippen molar-refractivity contribution in [2.75, 3.05) is 0 Å². The predicted molar refractivity (Wildman–Crippen MR) is 49.2 cm³/mol. The summed E-state index contributed by atoms with van der Waals surface area (Å²) in [5.41, 5.74) is 0.245. The molecule has 0 N–H and O–H groups in total. The molecule has 4 aliphatic carbocycles. The molecule has 0 aliphatic heterocycles. The molecule has 0 aromatic carbocycles. The Morgan fingerprint density at radius 2 is 1.33 bits per heavy atom. The zero-order chi connectivity index (χ0) is 8.18. The maximum absolute atomic E-state index is 5.55. The van der Waals surface area contributed by atoms with Crippen LogP contribution in [0.1, 0.15) is 38.5 Å². The summed E-state index contributed by atoms with van der Waals surface area (Å²) in [5, 5.41) is 0. The first-order valence-electron chi connectivity index (χ1n) is 5.22. The van der Waals surface area contributed by atoms with E-state index in [9.17, 15) is 0 Å². The zero-order valence-corrected chi connectivity index (χ0v) is 7.50. The maximum Gasteiger partial charge on any atom is 0.281 e. The molecule has 0 atom stereocenters. The van der Waals surface area contributed by atoms with E-state index in [-0.39, 0.29) is 5.54 Å². The zero-order valence-electron chi connectivity index (χ0n) is 7.50. The summed E-state index contributed by atoms with van der Waals surface area (Å²) in [6, 6.07) is 0. The van der Waals surface area contributed by atoms with Crippen molar-refractivity contribution in [3.8, 4) is 6.57 Å². The molecule has 4 bridgehead atoms. The summed E-state index contributed by atoms with van der Waals surface area (Å²) in [7, 11) is 0. The molecule has 0 heterocycles. The topological polar surface area (TPSA) is 4.36 Å². The molecule has 64 valence electrons. The van der Waals surface area contributed by atoms with Crippen LogP contribution in [0.15, 0.2) is 0 Å². The Morgan fingerprint density at radius 1 is 0.917 bits per heavy atom. The van der Waals surface area contributed by atoms with Gasteiger partial charge in [0.15, 0.2) is 0 Å². The molecule has 4 saturated carbocycles. The van der Waals surface area contributed by atoms with Crippen molar-refractivity contribution in [1.29, 1.82) is 0 Å². The van der Waals surface area contributed by atoms with E-state index in [1.165, 1.54) is 38.5 Å². The Balaban J connectivity index is 1.97. The van der Waals surface area contributed by atoms with Gasteiger partial charge in [-0.05, 0) is 37.0 Å². The van der Waals surface area contributed by atoms with E-state index in [0.29, 0.717) is 0 Å². The fraction of sp³-hybridized carbons (Fsp3) is 0.909. The van der Waals surface area contributed by atoms with Gasteiger partial charge in [-0.25, -0.2) is 0 Å². The van der Waals surface area contributed by atoms with Crippen LogP contribution in [0.5, 0.6) is 0 Å². The van der Waals surface area contributed by atoms with E-state index in [0.717, 1.165) is 17.8 Å². The molecule has 4 rings (SSSR count). The molecule has 0 amide bonds. The molecule has 4 fully saturated rings. The first-order chi connectivity index (χ1) is 5.80. The summed E-state index contributed by atoms with van der Waals surface area (Å²) >= 11 is 0. The lowest BCUT2D eigenvalue weighted by Gasteiger charge is -2.48. The molecular formula is C11H16N+. The van der Waals surface area contributed by atoms with Crippen LogP contribution in [-0.4, -0.2) is 5.54 Å². The molecule has 0 spiro atoms. The van der Waals surface area contributed by atoms with Crippen LogP contribution in [0.3, 0.4) is 0 Å². The minimum atomic E-state index is 0.245. The van der Waals surface area contributed by atoms with Crippen molar-refractivity contribution in [3.05, 3.63) is 4.85 Å². The highest BCUT2D eigenvalue weighted by Crippen LogP contribution is 2.57. The highest BCUT2D eigenvalue weighted by atomic mass is 14.8. The first kappa shape index (κ1) is 6.95. The van der Waals surface area contributed by atoms with Crippen LogP contribution in [0.4, 0.5) is 0 Å². The Bertz CT molecular complexity index is 213. The minimum Gasteiger partial charge on any atom is -0.0804 e. The third kappa shape index (κ3) is 0.787. The normalized spacial score (nSPS) is 55.4. The van der Waals surface area contributed by atoms with Gasteiger partial charge in [-0.3, -0.25) is 0 Å². The fourth-order valence-electron chi connectivity index (χ4n) is 4.22. The SMILES string of the molecule is C#[N+]C12CC3CC(CC(C3)C1)C2. The lowest BCUT2D eigenvalue weighted by atomic mass is 9.53. The molecule has 0 saturated heterocycles. The van der Waals surface area contributed by atoms with E-state index in [1.807, 2.05) is 0 Å². The molecule has 12 heavy (non-hydrogen) atoms. The van der Waals surface area contributed by atoms with Gasteiger partial charge in [0.25, 0.3) is 12.1 Å². The van der Waals surface area contributed by atoms with Gasteiger partial charge in [-0.15, -0.1) is 0 Å². The molecular weight excluding hydrogens is 146 g/mol. The third-order valence-electron chi connectivity index (χ3n) is 4.28. The van der Waals surface area contributed by atoms with Gasteiger partial charge in [0.05, 0.1) is 0 Å². The van der Waals surface area contributed by atoms with Crippen molar-refractivity contribution in [3.63, 3.8) is 0 Å². The molecule has 0 aromatic heterocycles. The van der Waals surface area contributed by atoms with Crippen LogP contribution in [-0.2, 0) is 0 Å². The van der Waals surface area contributed by atoms with Crippen LogP contribution in [0.2, 0.25) is 0 Å². The second-order valence-electron chi connectivity index (χ2n) is 5.27. The largest absolute Gasteiger partial charge is 0.281 e. The first-order valence-corrected chi connectivity index (χ1v) is 5.22. The van der Waals surface area contributed by atoms with Gasteiger partial charge in [0, 0.05) is 19.3 Å². The Hall–Kier alpha value is -0.510. The van der Waals surface area contributed by atoms with Gasteiger partial charge < -0.3 is 0 Å². The quantitative estimate of drug-likeness (QED) is 0.516. The summed E-state index contributed by atoms with van der Waals surface area (Å²) < 4.78 is 0. The monoisotopic (exact) mass is 162 g/mol. The van der Waals surface area contributed by atoms with Crippen molar-refractivity contribution < 1.29 is 0 Å². The molecule has 0 unspecified atom stereocenters. The van der Waals surface area contributed by atoms with Gasteiger partial charge in [0.1, 0.15) is 0 Å². The number of hydrogen-bond donors (Lipinski definition) is 0. The highest BCUT2D eigenvalue weighted by Gasteiger charge is 2.57. The fourth-order valence-corrected chi connectivity index (χ4v) is 4.22. The van der Waals surface area contributed by atoms with Crippen LogP contribution >= 0.6 is 0 Å². The average molecular weight is 162 g/mol. The maximum atomic E-state index is 5.55. The number of hydrogen-bond acceptors (Lipinski definition) is 0. The summed E-state index contributed by atoms with van der Waals surface area (Å²) in [5.74, 6) is 2.93. The van der Waals surface area contributed by atoms with E-state index in [2.05, 4.69) is 4.85 Å². The summed E-state index contributed by atoms with van der Waals surface area (Å²) in [4.78, 5) is 4.18. The van der Waals surface area contributed by atoms with Crippen LogP contribution in [0, 0.1) is 24.3 Å². The van der Waals surface area contributed by atoms with Crippen molar-refractivity contribution in [2.24, 2.45) is 17.8 Å². The average Bonchev–Trinajstić information content (AvgIpc) is 2.02. The van der Waals surface area contributed by atoms with Crippen molar-refractivity contribution in [1.82, 2.24) is 0 Å². The predicted octanol–water partition coefficient (Wildman–Crippen LogP) is 2.92. The number of nitrogens with zero attached hydrogens (tertiary/aromatic N) is 1. The van der Waals surface area contributed by atoms with Gasteiger partial charge in [-0.2, -0.15) is 0 Å². The van der Waals surface area contributed by atoms with Gasteiger partial charge in [0.2, 0.25) is 0 Å². The highest BCUT2D eigenvalue weighted by molar-refractivity contribution is 5.13. The van der Waals surface area contributed by atoms with E-state index in [4.69, 9.17) is 6.57 Å².